The third kappa shape index (κ3) is 6.96. The lowest BCUT2D eigenvalue weighted by atomic mass is 9.98. The van der Waals surface area contributed by atoms with Gasteiger partial charge in [-0.1, -0.05) is 62.4 Å². The summed E-state index contributed by atoms with van der Waals surface area (Å²) in [6.07, 6.45) is 0.907. The number of rotatable bonds is 6. The summed E-state index contributed by atoms with van der Waals surface area (Å²) in [5.41, 5.74) is 3.38. The number of benzene rings is 2. The van der Waals surface area contributed by atoms with Gasteiger partial charge in [0.25, 0.3) is 5.91 Å². The largest absolute Gasteiger partial charge is 0.447 e. The summed E-state index contributed by atoms with van der Waals surface area (Å²) < 4.78 is 5.12. The number of para-hydroxylation sites is 1. The van der Waals surface area contributed by atoms with Crippen molar-refractivity contribution in [2.24, 2.45) is 0 Å². The van der Waals surface area contributed by atoms with Crippen LogP contribution in [0.15, 0.2) is 72.9 Å². The highest BCUT2D eigenvalue weighted by atomic mass is 16.6. The Balaban J connectivity index is 0.00000166. The molecule has 0 aliphatic rings. The lowest BCUT2D eigenvalue weighted by Crippen LogP contribution is -2.26. The van der Waals surface area contributed by atoms with E-state index in [1.165, 1.54) is 0 Å². The number of hydrogen-bond acceptors (Lipinski definition) is 4. The molecule has 0 radical (unpaired) electrons. The second-order valence-corrected chi connectivity index (χ2v) is 6.68. The average Bonchev–Trinajstić information content (AvgIpc) is 2.79. The first-order valence-electron chi connectivity index (χ1n) is 10.4. The Morgan fingerprint density at radius 2 is 1.55 bits per heavy atom. The van der Waals surface area contributed by atoms with Gasteiger partial charge in [0.2, 0.25) is 0 Å². The van der Waals surface area contributed by atoms with Crippen molar-refractivity contribution in [2.45, 2.75) is 40.3 Å². The molecule has 31 heavy (non-hydrogen) atoms. The van der Waals surface area contributed by atoms with Crippen molar-refractivity contribution in [3.8, 4) is 11.1 Å². The number of anilines is 1. The molecule has 3 rings (SSSR count). The number of nitrogens with zero attached hydrogens (tertiary/aromatic N) is 1. The second-order valence-electron chi connectivity index (χ2n) is 6.68. The molecule has 1 heterocycles. The van der Waals surface area contributed by atoms with Crippen LogP contribution in [0.1, 0.15) is 43.7 Å². The van der Waals surface area contributed by atoms with E-state index in [4.69, 9.17) is 4.74 Å². The van der Waals surface area contributed by atoms with Crippen LogP contribution in [0.3, 0.4) is 0 Å². The zero-order valence-corrected chi connectivity index (χ0v) is 18.4. The molecule has 6 nitrogen and oxygen atoms in total. The molecule has 2 aromatic carbocycles. The quantitative estimate of drug-likeness (QED) is 0.540. The van der Waals surface area contributed by atoms with Crippen LogP contribution in [0.2, 0.25) is 0 Å². The number of alkyl carbamates (subject to hydrolysis) is 1. The van der Waals surface area contributed by atoms with Crippen molar-refractivity contribution in [1.29, 1.82) is 0 Å². The van der Waals surface area contributed by atoms with E-state index in [1.54, 1.807) is 26.1 Å². The van der Waals surface area contributed by atoms with Crippen molar-refractivity contribution in [2.75, 3.05) is 5.32 Å². The maximum Gasteiger partial charge on any atom is 0.407 e. The maximum absolute atomic E-state index is 12.8. The number of aromatic nitrogens is 1. The molecular weight excluding hydrogens is 390 g/mol. The molecule has 3 aromatic rings. The minimum atomic E-state index is -0.483. The Morgan fingerprint density at radius 1 is 0.903 bits per heavy atom. The standard InChI is InChI=1S/C23H23N3O3.C2H6/c1-16(2)29-23(28)25-15-17-9-6-7-12-19(17)20-13-8-14-24-21(20)22(27)26-18-10-4-3-5-11-18;1-2/h3-14,16H,15H2,1-2H3,(H,25,28)(H,26,27);1-2H3. The first kappa shape index (κ1) is 23.6. The highest BCUT2D eigenvalue weighted by Crippen LogP contribution is 2.26. The van der Waals surface area contributed by atoms with E-state index >= 15 is 0 Å². The summed E-state index contributed by atoms with van der Waals surface area (Å²) in [6.45, 7) is 7.86. The van der Waals surface area contributed by atoms with E-state index in [1.807, 2.05) is 74.5 Å². The third-order valence-electron chi connectivity index (χ3n) is 4.13. The highest BCUT2D eigenvalue weighted by molar-refractivity contribution is 6.07. The first-order chi connectivity index (χ1) is 15.0. The second kappa shape index (κ2) is 12.1. The van der Waals surface area contributed by atoms with Crippen molar-refractivity contribution >= 4 is 17.7 Å². The number of hydrogen-bond donors (Lipinski definition) is 2. The van der Waals surface area contributed by atoms with Gasteiger partial charge in [0.15, 0.2) is 0 Å². The van der Waals surface area contributed by atoms with E-state index in [0.717, 1.165) is 11.1 Å². The zero-order valence-electron chi connectivity index (χ0n) is 18.4. The van der Waals surface area contributed by atoms with Crippen LogP contribution < -0.4 is 10.6 Å². The van der Waals surface area contributed by atoms with E-state index in [-0.39, 0.29) is 18.6 Å². The van der Waals surface area contributed by atoms with Crippen LogP contribution in [0.5, 0.6) is 0 Å². The summed E-state index contributed by atoms with van der Waals surface area (Å²) in [5, 5.41) is 5.62. The van der Waals surface area contributed by atoms with Crippen LogP contribution in [0.4, 0.5) is 10.5 Å². The minimum Gasteiger partial charge on any atom is -0.447 e. The lowest BCUT2D eigenvalue weighted by molar-refractivity contribution is 0.102. The number of pyridine rings is 1. The molecular formula is C25H29N3O3. The molecule has 6 heteroatoms. The fraction of sp³-hybridized carbons (Fsp3) is 0.240. The van der Waals surface area contributed by atoms with Crippen LogP contribution in [0, 0.1) is 0 Å². The summed E-state index contributed by atoms with van der Waals surface area (Å²) in [6, 6.07) is 20.4. The van der Waals surface area contributed by atoms with E-state index in [9.17, 15) is 9.59 Å². The summed E-state index contributed by atoms with van der Waals surface area (Å²) in [7, 11) is 0. The molecule has 0 aliphatic carbocycles. The lowest BCUT2D eigenvalue weighted by Gasteiger charge is -2.14. The van der Waals surface area contributed by atoms with E-state index in [2.05, 4.69) is 15.6 Å². The molecule has 1 aromatic heterocycles. The van der Waals surface area contributed by atoms with Crippen molar-refractivity contribution < 1.29 is 14.3 Å². The smallest absolute Gasteiger partial charge is 0.407 e. The summed E-state index contributed by atoms with van der Waals surface area (Å²) in [5.74, 6) is -0.297. The van der Waals surface area contributed by atoms with Crippen LogP contribution in [-0.4, -0.2) is 23.1 Å². The number of ether oxygens (including phenoxy) is 1. The topological polar surface area (TPSA) is 80.3 Å². The number of carbonyl (C=O) groups is 2. The van der Waals surface area contributed by atoms with Crippen molar-refractivity contribution in [3.63, 3.8) is 0 Å². The van der Waals surface area contributed by atoms with E-state index < -0.39 is 6.09 Å². The van der Waals surface area contributed by atoms with Gasteiger partial charge in [-0.05, 0) is 43.2 Å². The Kier molecular flexibility index (Phi) is 9.23. The maximum atomic E-state index is 12.8. The highest BCUT2D eigenvalue weighted by Gasteiger charge is 2.17. The Labute approximate surface area is 183 Å². The van der Waals surface area contributed by atoms with Gasteiger partial charge in [-0.25, -0.2) is 4.79 Å². The van der Waals surface area contributed by atoms with Gasteiger partial charge >= 0.3 is 6.09 Å². The Bertz CT molecular complexity index is 988. The summed E-state index contributed by atoms with van der Waals surface area (Å²) >= 11 is 0. The fourth-order valence-corrected chi connectivity index (χ4v) is 2.88. The van der Waals surface area contributed by atoms with Crippen LogP contribution in [-0.2, 0) is 11.3 Å². The predicted molar refractivity (Wildman–Crippen MR) is 124 cm³/mol. The molecule has 0 fully saturated rings. The molecule has 2 amide bonds. The molecule has 0 saturated carbocycles. The van der Waals surface area contributed by atoms with Gasteiger partial charge in [0, 0.05) is 24.0 Å². The van der Waals surface area contributed by atoms with Gasteiger partial charge in [-0.3, -0.25) is 9.78 Å². The fourth-order valence-electron chi connectivity index (χ4n) is 2.88. The van der Waals surface area contributed by atoms with Gasteiger partial charge in [0.1, 0.15) is 5.69 Å². The molecule has 0 saturated heterocycles. The first-order valence-corrected chi connectivity index (χ1v) is 10.4. The van der Waals surface area contributed by atoms with Gasteiger partial charge in [-0.15, -0.1) is 0 Å². The predicted octanol–water partition coefficient (Wildman–Crippen LogP) is 5.66. The molecule has 0 bridgehead atoms. The number of nitrogens with one attached hydrogen (secondary N) is 2. The molecule has 0 atom stereocenters. The van der Waals surface area contributed by atoms with Crippen molar-refractivity contribution in [1.82, 2.24) is 10.3 Å². The van der Waals surface area contributed by atoms with Gasteiger partial charge < -0.3 is 15.4 Å². The number of carbonyl (C=O) groups excluding carboxylic acids is 2. The monoisotopic (exact) mass is 419 g/mol. The third-order valence-corrected chi connectivity index (χ3v) is 4.13. The number of amides is 2. The molecule has 0 spiro atoms. The zero-order chi connectivity index (χ0) is 22.6. The van der Waals surface area contributed by atoms with Crippen LogP contribution in [0.25, 0.3) is 11.1 Å². The Hall–Kier alpha value is -3.67. The molecule has 0 aliphatic heterocycles. The minimum absolute atomic E-state index is 0.197. The molecule has 2 N–H and O–H groups in total. The van der Waals surface area contributed by atoms with Gasteiger partial charge in [-0.2, -0.15) is 0 Å². The molecule has 0 unspecified atom stereocenters. The van der Waals surface area contributed by atoms with Gasteiger partial charge in [0.05, 0.1) is 6.10 Å². The van der Waals surface area contributed by atoms with Crippen LogP contribution >= 0.6 is 0 Å². The normalized spacial score (nSPS) is 9.97. The Morgan fingerprint density at radius 3 is 2.26 bits per heavy atom. The SMILES string of the molecule is CC.CC(C)OC(=O)NCc1ccccc1-c1cccnc1C(=O)Nc1ccccc1. The molecule has 162 valence electrons. The average molecular weight is 420 g/mol. The summed E-state index contributed by atoms with van der Waals surface area (Å²) in [4.78, 5) is 29.0. The van der Waals surface area contributed by atoms with Crippen molar-refractivity contribution in [3.05, 3.63) is 84.2 Å². The van der Waals surface area contributed by atoms with E-state index in [0.29, 0.717) is 16.9 Å².